The fourth-order valence-corrected chi connectivity index (χ4v) is 2.94. The van der Waals surface area contributed by atoms with E-state index >= 15 is 0 Å². The summed E-state index contributed by atoms with van der Waals surface area (Å²) >= 11 is 0. The first-order valence-corrected chi connectivity index (χ1v) is 8.03. The summed E-state index contributed by atoms with van der Waals surface area (Å²) in [6.45, 7) is 0.507. The van der Waals surface area contributed by atoms with E-state index in [9.17, 15) is 9.90 Å². The van der Waals surface area contributed by atoms with Gasteiger partial charge in [0.2, 0.25) is 0 Å². The van der Waals surface area contributed by atoms with Gasteiger partial charge in [0.1, 0.15) is 16.9 Å². The highest BCUT2D eigenvalue weighted by atomic mass is 16.4. The molecule has 0 aliphatic carbocycles. The van der Waals surface area contributed by atoms with Gasteiger partial charge in [0.15, 0.2) is 0 Å². The number of H-pyrrole nitrogens is 1. The first-order chi connectivity index (χ1) is 12.2. The predicted octanol–water partition coefficient (Wildman–Crippen LogP) is 3.64. The summed E-state index contributed by atoms with van der Waals surface area (Å²) in [4.78, 5) is 19.5. The second kappa shape index (κ2) is 6.28. The van der Waals surface area contributed by atoms with Crippen molar-refractivity contribution in [3.63, 3.8) is 0 Å². The Labute approximate surface area is 143 Å². The lowest BCUT2D eigenvalue weighted by molar-refractivity contribution is 0.466. The van der Waals surface area contributed by atoms with Crippen LogP contribution in [0.2, 0.25) is 0 Å². The minimum atomic E-state index is -0.591. The van der Waals surface area contributed by atoms with Gasteiger partial charge in [0, 0.05) is 29.9 Å². The van der Waals surface area contributed by atoms with Gasteiger partial charge in [-0.25, -0.2) is 4.79 Å². The number of nitrogens with one attached hydrogen (secondary N) is 1. The molecule has 0 bridgehead atoms. The Morgan fingerprint density at radius 3 is 2.72 bits per heavy atom. The van der Waals surface area contributed by atoms with Crippen LogP contribution >= 0.6 is 0 Å². The molecule has 0 saturated heterocycles. The van der Waals surface area contributed by atoms with Gasteiger partial charge in [-0.2, -0.15) is 0 Å². The molecule has 25 heavy (non-hydrogen) atoms. The maximum absolute atomic E-state index is 12.0. The molecule has 0 aliphatic heterocycles. The number of hydrogen-bond donors (Lipinski definition) is 2. The molecule has 2 heterocycles. The minimum absolute atomic E-state index is 0.0811. The van der Waals surface area contributed by atoms with Crippen LogP contribution in [0.1, 0.15) is 11.1 Å². The molecule has 0 spiro atoms. The number of aromatic nitrogens is 1. The Balaban J connectivity index is 1.56. The Bertz CT molecular complexity index is 1140. The van der Waals surface area contributed by atoms with Crippen molar-refractivity contribution in [2.45, 2.75) is 6.42 Å². The SMILES string of the molecule is O=c1oc2ccccc2c(O)c1C=NCCc1c[nH]c2ccccc12. The number of benzene rings is 2. The molecule has 2 N–H and O–H groups in total. The Kier molecular flexibility index (Phi) is 3.82. The zero-order chi connectivity index (χ0) is 17.2. The van der Waals surface area contributed by atoms with Crippen LogP contribution in [0, 0.1) is 0 Å². The molecule has 2 aromatic heterocycles. The van der Waals surface area contributed by atoms with E-state index in [1.54, 1.807) is 24.3 Å². The van der Waals surface area contributed by atoms with Crippen LogP contribution in [0.3, 0.4) is 0 Å². The molecule has 0 fully saturated rings. The quantitative estimate of drug-likeness (QED) is 0.442. The Morgan fingerprint density at radius 1 is 1.08 bits per heavy atom. The number of nitrogens with zero attached hydrogens (tertiary/aromatic N) is 1. The highest BCUT2D eigenvalue weighted by molar-refractivity contribution is 5.93. The molecule has 0 aliphatic rings. The largest absolute Gasteiger partial charge is 0.506 e. The van der Waals surface area contributed by atoms with Crippen LogP contribution in [0.4, 0.5) is 0 Å². The number of para-hydroxylation sites is 2. The maximum Gasteiger partial charge on any atom is 0.348 e. The molecule has 124 valence electrons. The second-order valence-corrected chi connectivity index (χ2v) is 5.79. The van der Waals surface area contributed by atoms with Gasteiger partial charge in [-0.15, -0.1) is 0 Å². The Hall–Kier alpha value is -3.34. The molecule has 2 aromatic carbocycles. The van der Waals surface area contributed by atoms with Crippen molar-refractivity contribution in [3.05, 3.63) is 76.3 Å². The Morgan fingerprint density at radius 2 is 1.84 bits per heavy atom. The smallest absolute Gasteiger partial charge is 0.348 e. The maximum atomic E-state index is 12.0. The molecular weight excluding hydrogens is 316 g/mol. The average molecular weight is 332 g/mol. The lowest BCUT2D eigenvalue weighted by atomic mass is 10.1. The number of hydrogen-bond acceptors (Lipinski definition) is 4. The summed E-state index contributed by atoms with van der Waals surface area (Å²) in [5, 5.41) is 12.0. The first-order valence-electron chi connectivity index (χ1n) is 8.03. The fraction of sp³-hybridized carbons (Fsp3) is 0.100. The number of aliphatic imine (C=N–C) groups is 1. The van der Waals surface area contributed by atoms with Gasteiger partial charge in [-0.3, -0.25) is 4.99 Å². The van der Waals surface area contributed by atoms with E-state index in [4.69, 9.17) is 4.42 Å². The summed E-state index contributed by atoms with van der Waals surface area (Å²) in [6.07, 6.45) is 4.10. The zero-order valence-corrected chi connectivity index (χ0v) is 13.4. The van der Waals surface area contributed by atoms with Crippen molar-refractivity contribution in [1.82, 2.24) is 4.98 Å². The number of rotatable bonds is 4. The molecular formula is C20H16N2O3. The number of fused-ring (bicyclic) bond motifs is 2. The van der Waals surface area contributed by atoms with E-state index in [2.05, 4.69) is 16.0 Å². The predicted molar refractivity (Wildman–Crippen MR) is 98.6 cm³/mol. The molecule has 5 heteroatoms. The van der Waals surface area contributed by atoms with Gasteiger partial charge in [-0.1, -0.05) is 30.3 Å². The number of aromatic amines is 1. The standard InChI is InChI=1S/C20H16N2O3/c23-19-15-6-2-4-8-18(15)25-20(24)16(19)12-21-10-9-13-11-22-17-7-3-1-5-14(13)17/h1-8,11-12,22-23H,9-10H2. The van der Waals surface area contributed by atoms with E-state index in [0.29, 0.717) is 17.5 Å². The summed E-state index contributed by atoms with van der Waals surface area (Å²) in [6, 6.07) is 15.0. The third-order valence-corrected chi connectivity index (χ3v) is 4.23. The molecule has 0 saturated carbocycles. The van der Waals surface area contributed by atoms with Crippen molar-refractivity contribution in [3.8, 4) is 5.75 Å². The summed E-state index contributed by atoms with van der Waals surface area (Å²) in [5.74, 6) is -0.0947. The average Bonchev–Trinajstić information content (AvgIpc) is 3.04. The highest BCUT2D eigenvalue weighted by Gasteiger charge is 2.11. The van der Waals surface area contributed by atoms with Gasteiger partial charge in [-0.05, 0) is 30.2 Å². The van der Waals surface area contributed by atoms with Crippen LogP contribution in [0.5, 0.6) is 5.75 Å². The summed E-state index contributed by atoms with van der Waals surface area (Å²) < 4.78 is 5.22. The van der Waals surface area contributed by atoms with E-state index in [0.717, 1.165) is 11.9 Å². The number of aromatic hydroxyl groups is 1. The third kappa shape index (κ3) is 2.80. The molecule has 4 aromatic rings. The lowest BCUT2D eigenvalue weighted by Crippen LogP contribution is -2.07. The van der Waals surface area contributed by atoms with Crippen molar-refractivity contribution < 1.29 is 9.52 Å². The third-order valence-electron chi connectivity index (χ3n) is 4.23. The van der Waals surface area contributed by atoms with Crippen LogP contribution in [-0.4, -0.2) is 22.8 Å². The van der Waals surface area contributed by atoms with Crippen molar-refractivity contribution in [2.75, 3.05) is 6.54 Å². The van der Waals surface area contributed by atoms with Gasteiger partial charge in [0.25, 0.3) is 0 Å². The lowest BCUT2D eigenvalue weighted by Gasteiger charge is -2.02. The van der Waals surface area contributed by atoms with Crippen molar-refractivity contribution >= 4 is 28.1 Å². The normalized spacial score (nSPS) is 11.7. The van der Waals surface area contributed by atoms with Crippen molar-refractivity contribution in [1.29, 1.82) is 0 Å². The van der Waals surface area contributed by atoms with Crippen LogP contribution in [0.15, 0.2) is 68.9 Å². The van der Waals surface area contributed by atoms with E-state index in [1.165, 1.54) is 17.2 Å². The monoisotopic (exact) mass is 332 g/mol. The first kappa shape index (κ1) is 15.2. The topological polar surface area (TPSA) is 78.6 Å². The zero-order valence-electron chi connectivity index (χ0n) is 13.4. The summed E-state index contributed by atoms with van der Waals surface area (Å²) in [5.41, 5.74) is 2.11. The van der Waals surface area contributed by atoms with E-state index < -0.39 is 5.63 Å². The van der Waals surface area contributed by atoms with Crippen LogP contribution < -0.4 is 5.63 Å². The molecule has 0 atom stereocenters. The molecule has 5 nitrogen and oxygen atoms in total. The molecule has 0 unspecified atom stereocenters. The van der Waals surface area contributed by atoms with Crippen LogP contribution in [0.25, 0.3) is 21.9 Å². The minimum Gasteiger partial charge on any atom is -0.506 e. The molecule has 0 radical (unpaired) electrons. The van der Waals surface area contributed by atoms with Gasteiger partial charge in [0.05, 0.1) is 5.39 Å². The summed E-state index contributed by atoms with van der Waals surface area (Å²) in [7, 11) is 0. The highest BCUT2D eigenvalue weighted by Crippen LogP contribution is 2.25. The second-order valence-electron chi connectivity index (χ2n) is 5.79. The molecule has 0 amide bonds. The fourth-order valence-electron chi connectivity index (χ4n) is 2.94. The van der Waals surface area contributed by atoms with E-state index in [-0.39, 0.29) is 11.3 Å². The van der Waals surface area contributed by atoms with E-state index in [1.807, 2.05) is 24.4 Å². The van der Waals surface area contributed by atoms with Crippen LogP contribution in [-0.2, 0) is 6.42 Å². The molecule has 4 rings (SSSR count). The van der Waals surface area contributed by atoms with Gasteiger partial charge >= 0.3 is 5.63 Å². The van der Waals surface area contributed by atoms with Gasteiger partial charge < -0.3 is 14.5 Å². The van der Waals surface area contributed by atoms with Crippen molar-refractivity contribution in [2.24, 2.45) is 4.99 Å².